The first kappa shape index (κ1) is 20.0. The highest BCUT2D eigenvalue weighted by molar-refractivity contribution is 7.99. The van der Waals surface area contributed by atoms with E-state index in [1.807, 2.05) is 0 Å². The third kappa shape index (κ3) is 6.51. The van der Waals surface area contributed by atoms with E-state index in [-0.39, 0.29) is 24.4 Å². The van der Waals surface area contributed by atoms with Crippen LogP contribution in [0.4, 0.5) is 0 Å². The highest BCUT2D eigenvalue weighted by Crippen LogP contribution is 2.23. The van der Waals surface area contributed by atoms with Gasteiger partial charge in [0, 0.05) is 5.75 Å². The molecule has 2 aromatic rings. The van der Waals surface area contributed by atoms with Crippen LogP contribution in [0.25, 0.3) is 0 Å². The van der Waals surface area contributed by atoms with Crippen LogP contribution in [0.15, 0.2) is 30.5 Å². The Morgan fingerprint density at radius 1 is 1.23 bits per heavy atom. The molecule has 8 heteroatoms. The van der Waals surface area contributed by atoms with E-state index in [9.17, 15) is 9.59 Å². The molecule has 0 spiro atoms. The third-order valence-electron chi connectivity index (χ3n) is 3.67. The first-order valence-electron chi connectivity index (χ1n) is 8.29. The number of carboxylic acids is 1. The fourth-order valence-electron chi connectivity index (χ4n) is 2.24. The van der Waals surface area contributed by atoms with Crippen molar-refractivity contribution < 1.29 is 14.7 Å². The largest absolute Gasteiger partial charge is 0.480 e. The van der Waals surface area contributed by atoms with E-state index >= 15 is 0 Å². The number of hydrogen-bond acceptors (Lipinski definition) is 5. The average molecular weight is 376 g/mol. The van der Waals surface area contributed by atoms with Crippen molar-refractivity contribution in [2.75, 3.05) is 5.75 Å². The minimum atomic E-state index is -0.989. The summed E-state index contributed by atoms with van der Waals surface area (Å²) in [4.78, 5) is 22.5. The molecule has 0 saturated heterocycles. The van der Waals surface area contributed by atoms with Gasteiger partial charge >= 0.3 is 5.97 Å². The van der Waals surface area contributed by atoms with Gasteiger partial charge in [0.15, 0.2) is 0 Å². The molecule has 0 fully saturated rings. The highest BCUT2D eigenvalue weighted by atomic mass is 32.2. The first-order valence-corrected chi connectivity index (χ1v) is 9.44. The predicted molar refractivity (Wildman–Crippen MR) is 101 cm³/mol. The lowest BCUT2D eigenvalue weighted by Gasteiger charge is -2.19. The zero-order valence-corrected chi connectivity index (χ0v) is 16.0. The summed E-state index contributed by atoms with van der Waals surface area (Å²) in [5, 5.41) is 19.0. The molecule has 0 aliphatic rings. The van der Waals surface area contributed by atoms with Gasteiger partial charge in [0.25, 0.3) is 0 Å². The molecule has 1 amide bonds. The summed E-state index contributed by atoms with van der Waals surface area (Å²) in [6.07, 6.45) is 1.51. The van der Waals surface area contributed by atoms with Gasteiger partial charge in [-0.05, 0) is 16.5 Å². The van der Waals surface area contributed by atoms with Gasteiger partial charge in [-0.15, -0.1) is 16.9 Å². The normalized spacial score (nSPS) is 11.3. The average Bonchev–Trinajstić information content (AvgIpc) is 2.99. The molecule has 26 heavy (non-hydrogen) atoms. The fraction of sp³-hybridized carbons (Fsp3) is 0.444. The van der Waals surface area contributed by atoms with Crippen LogP contribution < -0.4 is 5.32 Å². The van der Waals surface area contributed by atoms with Crippen LogP contribution >= 0.6 is 11.8 Å². The maximum atomic E-state index is 11.9. The lowest BCUT2D eigenvalue weighted by molar-refractivity contribution is -0.137. The molecule has 7 nitrogen and oxygen atoms in total. The van der Waals surface area contributed by atoms with E-state index < -0.39 is 5.97 Å². The van der Waals surface area contributed by atoms with Gasteiger partial charge < -0.3 is 10.4 Å². The molecule has 2 rings (SSSR count). The molecule has 0 aliphatic carbocycles. The lowest BCUT2D eigenvalue weighted by atomic mass is 9.87. The van der Waals surface area contributed by atoms with Crippen molar-refractivity contribution in [3.8, 4) is 0 Å². The Kier molecular flexibility index (Phi) is 6.79. The second kappa shape index (κ2) is 8.84. The first-order chi connectivity index (χ1) is 12.2. The van der Waals surface area contributed by atoms with Crippen LogP contribution in [0, 0.1) is 0 Å². The number of aromatic nitrogens is 3. The molecule has 0 aliphatic heterocycles. The Labute approximate surface area is 157 Å². The number of thioether (sulfide) groups is 1. The number of carbonyl (C=O) groups excluding carboxylic acids is 1. The van der Waals surface area contributed by atoms with Gasteiger partial charge in [0.1, 0.15) is 12.2 Å². The van der Waals surface area contributed by atoms with Gasteiger partial charge in [-0.3, -0.25) is 9.59 Å². The second-order valence-electron chi connectivity index (χ2n) is 7.02. The Hall–Kier alpha value is -2.35. The molecule has 0 atom stereocenters. The third-order valence-corrected chi connectivity index (χ3v) is 4.68. The lowest BCUT2D eigenvalue weighted by Crippen LogP contribution is -2.24. The van der Waals surface area contributed by atoms with E-state index in [0.717, 1.165) is 5.75 Å². The predicted octanol–water partition coefficient (Wildman–Crippen LogP) is 2.21. The Morgan fingerprint density at radius 3 is 2.54 bits per heavy atom. The van der Waals surface area contributed by atoms with E-state index in [0.29, 0.717) is 11.4 Å². The van der Waals surface area contributed by atoms with Crippen molar-refractivity contribution in [2.45, 2.75) is 45.0 Å². The molecule has 0 radical (unpaired) electrons. The molecule has 1 aromatic heterocycles. The summed E-state index contributed by atoms with van der Waals surface area (Å²) in [7, 11) is 0. The molecular formula is C18H24N4O3S. The van der Waals surface area contributed by atoms with Crippen LogP contribution in [0.1, 0.15) is 37.6 Å². The standard InChI is InChI=1S/C18H24N4O3S/c1-18(2,3)14-6-4-13(5-7-14)11-26-12-16(23)19-8-15-9-22(21-20-15)10-17(24)25/h4-7,9H,8,10-12H2,1-3H3,(H,19,23)(H,24,25). The summed E-state index contributed by atoms with van der Waals surface area (Å²) in [5.74, 6) is 0.0446. The number of rotatable bonds is 8. The SMILES string of the molecule is CC(C)(C)c1ccc(CSCC(=O)NCc2cn(CC(=O)O)nn2)cc1. The Morgan fingerprint density at radius 2 is 1.92 bits per heavy atom. The quantitative estimate of drug-likeness (QED) is 0.733. The summed E-state index contributed by atoms with van der Waals surface area (Å²) in [5.41, 5.74) is 3.15. The number of carboxylic acid groups (broad SMARTS) is 1. The van der Waals surface area contributed by atoms with Crippen molar-refractivity contribution >= 4 is 23.6 Å². The molecule has 0 bridgehead atoms. The van der Waals surface area contributed by atoms with Crippen molar-refractivity contribution in [1.29, 1.82) is 0 Å². The Balaban J connectivity index is 1.70. The van der Waals surface area contributed by atoms with Crippen molar-refractivity contribution in [1.82, 2.24) is 20.3 Å². The van der Waals surface area contributed by atoms with Crippen LogP contribution in [-0.4, -0.2) is 37.7 Å². The number of amides is 1. The molecule has 0 saturated carbocycles. The van der Waals surface area contributed by atoms with E-state index in [1.54, 1.807) is 11.8 Å². The van der Waals surface area contributed by atoms with Crippen LogP contribution in [-0.2, 0) is 33.8 Å². The Bertz CT molecular complexity index is 751. The summed E-state index contributed by atoms with van der Waals surface area (Å²) >= 11 is 1.55. The van der Waals surface area contributed by atoms with Crippen molar-refractivity contribution in [2.24, 2.45) is 0 Å². The molecule has 1 aromatic carbocycles. The van der Waals surface area contributed by atoms with Gasteiger partial charge in [0.2, 0.25) is 5.91 Å². The van der Waals surface area contributed by atoms with Crippen LogP contribution in [0.3, 0.4) is 0 Å². The van der Waals surface area contributed by atoms with Gasteiger partial charge in [-0.1, -0.05) is 50.3 Å². The fourth-order valence-corrected chi connectivity index (χ4v) is 3.06. The number of aliphatic carboxylic acids is 1. The summed E-state index contributed by atoms with van der Waals surface area (Å²) in [6.45, 7) is 6.54. The number of carbonyl (C=O) groups is 2. The number of benzene rings is 1. The molecule has 2 N–H and O–H groups in total. The zero-order valence-electron chi connectivity index (χ0n) is 15.2. The highest BCUT2D eigenvalue weighted by Gasteiger charge is 2.13. The molecule has 0 unspecified atom stereocenters. The molecule has 1 heterocycles. The second-order valence-corrected chi connectivity index (χ2v) is 8.00. The topological polar surface area (TPSA) is 97.1 Å². The van der Waals surface area contributed by atoms with Gasteiger partial charge in [-0.25, -0.2) is 4.68 Å². The smallest absolute Gasteiger partial charge is 0.325 e. The van der Waals surface area contributed by atoms with Gasteiger partial charge in [0.05, 0.1) is 18.5 Å². The van der Waals surface area contributed by atoms with Crippen LogP contribution in [0.5, 0.6) is 0 Å². The van der Waals surface area contributed by atoms with E-state index in [2.05, 4.69) is 60.7 Å². The van der Waals surface area contributed by atoms with E-state index in [1.165, 1.54) is 22.0 Å². The minimum Gasteiger partial charge on any atom is -0.480 e. The maximum Gasteiger partial charge on any atom is 0.325 e. The summed E-state index contributed by atoms with van der Waals surface area (Å²) in [6, 6.07) is 8.48. The number of nitrogens with zero attached hydrogens (tertiary/aromatic N) is 3. The van der Waals surface area contributed by atoms with Crippen molar-refractivity contribution in [3.05, 3.63) is 47.3 Å². The molecular weight excluding hydrogens is 352 g/mol. The van der Waals surface area contributed by atoms with Gasteiger partial charge in [-0.2, -0.15) is 0 Å². The zero-order chi connectivity index (χ0) is 19.2. The molecule has 140 valence electrons. The minimum absolute atomic E-state index is 0.0888. The number of hydrogen-bond donors (Lipinski definition) is 2. The van der Waals surface area contributed by atoms with Crippen LogP contribution in [0.2, 0.25) is 0 Å². The maximum absolute atomic E-state index is 11.9. The van der Waals surface area contributed by atoms with E-state index in [4.69, 9.17) is 5.11 Å². The number of nitrogens with one attached hydrogen (secondary N) is 1. The summed E-state index contributed by atoms with van der Waals surface area (Å²) < 4.78 is 1.22. The monoisotopic (exact) mass is 376 g/mol. The van der Waals surface area contributed by atoms with Crippen molar-refractivity contribution in [3.63, 3.8) is 0 Å².